The zero-order valence-electron chi connectivity index (χ0n) is 9.08. The molecule has 0 aromatic heterocycles. The Labute approximate surface area is 84.3 Å². The van der Waals surface area contributed by atoms with E-state index in [0.29, 0.717) is 12.3 Å². The first-order chi connectivity index (χ1) is 5.91. The van der Waals surface area contributed by atoms with Gasteiger partial charge < -0.3 is 21.8 Å². The molecule has 0 radical (unpaired) electrons. The Morgan fingerprint density at radius 3 is 2.07 bits per heavy atom. The van der Waals surface area contributed by atoms with Crippen molar-refractivity contribution in [2.75, 3.05) is 0 Å². The van der Waals surface area contributed by atoms with Gasteiger partial charge in [-0.25, -0.2) is 0 Å². The zero-order chi connectivity index (χ0) is 10.4. The van der Waals surface area contributed by atoms with Crippen molar-refractivity contribution in [2.45, 2.75) is 33.1 Å². The summed E-state index contributed by atoms with van der Waals surface area (Å²) < 4.78 is 0. The molecule has 0 spiro atoms. The van der Waals surface area contributed by atoms with Gasteiger partial charge in [-0.05, 0) is 24.7 Å². The molecule has 84 valence electrons. The molecule has 1 atom stereocenters. The van der Waals surface area contributed by atoms with Crippen LogP contribution in [0.3, 0.4) is 0 Å². The van der Waals surface area contributed by atoms with Gasteiger partial charge in [0.05, 0.1) is 0 Å². The van der Waals surface area contributed by atoms with Crippen molar-refractivity contribution < 1.29 is 14.7 Å². The minimum atomic E-state index is -1.12. The number of nitrogens with two attached hydrogens (primary N) is 1. The summed E-state index contributed by atoms with van der Waals surface area (Å²) in [5, 5.41) is 10.3. The quantitative estimate of drug-likeness (QED) is 0.635. The summed E-state index contributed by atoms with van der Waals surface area (Å²) in [5.74, 6) is -1.38. The third-order valence-corrected chi connectivity index (χ3v) is 1.75. The Hall–Kier alpha value is -1.10. The number of carboxylic acids is 1. The Bertz CT molecular complexity index is 176. The molecule has 0 rings (SSSR count). The third-order valence-electron chi connectivity index (χ3n) is 1.75. The molecule has 0 aromatic rings. The number of rotatable bonds is 6. The molecule has 0 aliphatic heterocycles. The first-order valence-corrected chi connectivity index (χ1v) is 4.40. The second-order valence-electron chi connectivity index (χ2n) is 3.74. The van der Waals surface area contributed by atoms with Gasteiger partial charge in [0, 0.05) is 12.4 Å². The lowest BCUT2D eigenvalue weighted by molar-refractivity contribution is -0.306. The van der Waals surface area contributed by atoms with E-state index in [9.17, 15) is 14.7 Å². The molecule has 0 bridgehead atoms. The maximum atomic E-state index is 10.6. The number of quaternary nitrogens is 1. The summed E-state index contributed by atoms with van der Waals surface area (Å²) in [6.45, 7) is 3.95. The Morgan fingerprint density at radius 1 is 1.29 bits per heavy atom. The molecule has 6 N–H and O–H groups in total. The zero-order valence-corrected chi connectivity index (χ0v) is 9.08. The third kappa shape index (κ3) is 8.99. The SMILES string of the molecule is CC(C)CC(CC(N)=O)CC(=O)[O-].[NH4+]. The molecule has 0 heterocycles. The summed E-state index contributed by atoms with van der Waals surface area (Å²) >= 11 is 0. The predicted octanol–water partition coefficient (Wildman–Crippen LogP) is 0.0403. The van der Waals surface area contributed by atoms with Gasteiger partial charge in [-0.3, -0.25) is 4.79 Å². The van der Waals surface area contributed by atoms with Gasteiger partial charge in [-0.1, -0.05) is 13.8 Å². The molecule has 1 unspecified atom stereocenters. The number of hydrogen-bond acceptors (Lipinski definition) is 3. The highest BCUT2D eigenvalue weighted by atomic mass is 16.4. The second kappa shape index (κ2) is 7.32. The standard InChI is InChI=1S/C9H17NO3.H3N/c1-6(2)3-7(4-8(10)11)5-9(12)13;/h6-7H,3-5H2,1-2H3,(H2,10,11)(H,12,13);1H3. The molecule has 5 nitrogen and oxygen atoms in total. The summed E-state index contributed by atoms with van der Waals surface area (Å²) in [6.07, 6.45) is 0.740. The van der Waals surface area contributed by atoms with Crippen LogP contribution in [0.15, 0.2) is 0 Å². The fourth-order valence-electron chi connectivity index (χ4n) is 1.43. The van der Waals surface area contributed by atoms with Crippen LogP contribution >= 0.6 is 0 Å². The van der Waals surface area contributed by atoms with Gasteiger partial charge in [0.25, 0.3) is 0 Å². The van der Waals surface area contributed by atoms with Crippen LogP contribution in [-0.2, 0) is 9.59 Å². The fourth-order valence-corrected chi connectivity index (χ4v) is 1.43. The molecule has 0 saturated heterocycles. The van der Waals surface area contributed by atoms with E-state index < -0.39 is 11.9 Å². The van der Waals surface area contributed by atoms with Crippen LogP contribution in [0.25, 0.3) is 0 Å². The molecular weight excluding hydrogens is 184 g/mol. The maximum absolute atomic E-state index is 10.6. The van der Waals surface area contributed by atoms with Gasteiger partial charge in [-0.2, -0.15) is 0 Å². The van der Waals surface area contributed by atoms with Crippen LogP contribution in [0.4, 0.5) is 0 Å². The number of amides is 1. The monoisotopic (exact) mass is 204 g/mol. The van der Waals surface area contributed by atoms with Gasteiger partial charge in [0.2, 0.25) is 5.91 Å². The first kappa shape index (κ1) is 15.4. The lowest BCUT2D eigenvalue weighted by Crippen LogP contribution is -2.28. The lowest BCUT2D eigenvalue weighted by Gasteiger charge is -2.17. The molecule has 0 aliphatic rings. The van der Waals surface area contributed by atoms with Crippen LogP contribution in [0.2, 0.25) is 0 Å². The molecule has 0 aromatic carbocycles. The minimum Gasteiger partial charge on any atom is -0.550 e. The molecule has 14 heavy (non-hydrogen) atoms. The van der Waals surface area contributed by atoms with E-state index in [-0.39, 0.29) is 24.9 Å². The van der Waals surface area contributed by atoms with Crippen LogP contribution in [-0.4, -0.2) is 11.9 Å². The number of carbonyl (C=O) groups excluding carboxylic acids is 2. The van der Waals surface area contributed by atoms with Crippen molar-refractivity contribution in [3.05, 3.63) is 0 Å². The topological polar surface area (TPSA) is 120 Å². The van der Waals surface area contributed by atoms with E-state index in [4.69, 9.17) is 5.73 Å². The molecular formula is C9H20N2O3. The van der Waals surface area contributed by atoms with Crippen molar-refractivity contribution in [1.82, 2.24) is 6.15 Å². The normalized spacial score (nSPS) is 11.9. The fraction of sp³-hybridized carbons (Fsp3) is 0.778. The Balaban J connectivity index is 0. The van der Waals surface area contributed by atoms with Crippen molar-refractivity contribution >= 4 is 11.9 Å². The van der Waals surface area contributed by atoms with Crippen LogP contribution in [0, 0.1) is 11.8 Å². The highest BCUT2D eigenvalue weighted by Gasteiger charge is 2.13. The smallest absolute Gasteiger partial charge is 0.217 e. The number of primary amides is 1. The first-order valence-electron chi connectivity index (χ1n) is 4.40. The number of aliphatic carboxylic acids is 1. The second-order valence-corrected chi connectivity index (χ2v) is 3.74. The van der Waals surface area contributed by atoms with E-state index in [1.165, 1.54) is 0 Å². The molecule has 5 heteroatoms. The molecule has 0 fully saturated rings. The van der Waals surface area contributed by atoms with Crippen LogP contribution in [0.1, 0.15) is 33.1 Å². The van der Waals surface area contributed by atoms with Gasteiger partial charge in [0.1, 0.15) is 0 Å². The largest absolute Gasteiger partial charge is 0.550 e. The van der Waals surface area contributed by atoms with Gasteiger partial charge in [0.15, 0.2) is 0 Å². The van der Waals surface area contributed by atoms with E-state index in [1.54, 1.807) is 0 Å². The summed E-state index contributed by atoms with van der Waals surface area (Å²) in [7, 11) is 0. The Kier molecular flexibility index (Phi) is 8.04. The highest BCUT2D eigenvalue weighted by Crippen LogP contribution is 2.18. The summed E-state index contributed by atoms with van der Waals surface area (Å²) in [6, 6.07) is 0. The highest BCUT2D eigenvalue weighted by molar-refractivity contribution is 5.75. The predicted molar refractivity (Wildman–Crippen MR) is 52.4 cm³/mol. The lowest BCUT2D eigenvalue weighted by atomic mass is 9.91. The number of hydrogen-bond donors (Lipinski definition) is 2. The summed E-state index contributed by atoms with van der Waals surface area (Å²) in [4.78, 5) is 20.9. The number of carboxylic acid groups (broad SMARTS) is 1. The van der Waals surface area contributed by atoms with Crippen molar-refractivity contribution in [2.24, 2.45) is 17.6 Å². The van der Waals surface area contributed by atoms with E-state index in [2.05, 4.69) is 0 Å². The average molecular weight is 204 g/mol. The molecule has 1 amide bonds. The van der Waals surface area contributed by atoms with E-state index in [0.717, 1.165) is 0 Å². The van der Waals surface area contributed by atoms with Crippen LogP contribution in [0.5, 0.6) is 0 Å². The molecule has 0 aliphatic carbocycles. The molecule has 0 saturated carbocycles. The van der Waals surface area contributed by atoms with Crippen molar-refractivity contribution in [1.29, 1.82) is 0 Å². The minimum absolute atomic E-state index is 0. The van der Waals surface area contributed by atoms with Gasteiger partial charge >= 0.3 is 0 Å². The maximum Gasteiger partial charge on any atom is 0.217 e. The van der Waals surface area contributed by atoms with Crippen molar-refractivity contribution in [3.63, 3.8) is 0 Å². The average Bonchev–Trinajstić information content (AvgIpc) is 1.80. The number of carbonyl (C=O) groups is 2. The van der Waals surface area contributed by atoms with Crippen LogP contribution < -0.4 is 17.0 Å². The van der Waals surface area contributed by atoms with E-state index in [1.807, 2.05) is 13.8 Å². The van der Waals surface area contributed by atoms with E-state index >= 15 is 0 Å². The Morgan fingerprint density at radius 2 is 1.79 bits per heavy atom. The van der Waals surface area contributed by atoms with Crippen molar-refractivity contribution in [3.8, 4) is 0 Å². The van der Waals surface area contributed by atoms with Gasteiger partial charge in [-0.15, -0.1) is 0 Å². The summed E-state index contributed by atoms with van der Waals surface area (Å²) in [5.41, 5.74) is 4.99.